The summed E-state index contributed by atoms with van der Waals surface area (Å²) in [7, 11) is 1.82. The summed E-state index contributed by atoms with van der Waals surface area (Å²) < 4.78 is 0. The van der Waals surface area contributed by atoms with Crippen molar-refractivity contribution in [3.8, 4) is 0 Å². The Morgan fingerprint density at radius 2 is 2.43 bits per heavy atom. The average Bonchev–Trinajstić information content (AvgIpc) is 2.67. The second-order valence-corrected chi connectivity index (χ2v) is 4.04. The fourth-order valence-electron chi connectivity index (χ4n) is 1.97. The van der Waals surface area contributed by atoms with Gasteiger partial charge >= 0.3 is 0 Å². The predicted octanol–water partition coefficient (Wildman–Crippen LogP) is -0.927. The number of β-amino-alcohol motifs (C(OH)–C–C–N with tert-alkyl or cyclic N) is 1. The third kappa shape index (κ3) is 1.89. The van der Waals surface area contributed by atoms with Gasteiger partial charge in [0.05, 0.1) is 25.2 Å². The van der Waals surface area contributed by atoms with E-state index in [1.807, 2.05) is 7.05 Å². The molecule has 2 fully saturated rings. The van der Waals surface area contributed by atoms with Crippen molar-refractivity contribution in [3.05, 3.63) is 0 Å². The summed E-state index contributed by atoms with van der Waals surface area (Å²) in [5, 5.41) is 10.9. The predicted molar refractivity (Wildman–Crippen MR) is 49.3 cm³/mol. The summed E-state index contributed by atoms with van der Waals surface area (Å²) in [6.45, 7) is 2.32. The highest BCUT2D eigenvalue weighted by atomic mass is 16.7. The van der Waals surface area contributed by atoms with Gasteiger partial charge in [-0.25, -0.2) is 0 Å². The minimum Gasteiger partial charge on any atom is -0.389 e. The minimum absolute atomic E-state index is 0.0466. The molecule has 80 valence electrons. The van der Waals surface area contributed by atoms with Crippen LogP contribution in [0.2, 0.25) is 0 Å². The van der Waals surface area contributed by atoms with Crippen LogP contribution in [0.4, 0.5) is 0 Å². The lowest BCUT2D eigenvalue weighted by atomic mass is 10.1. The molecule has 1 N–H and O–H groups in total. The third-order valence-corrected chi connectivity index (χ3v) is 2.83. The van der Waals surface area contributed by atoms with Crippen LogP contribution in [0.5, 0.6) is 0 Å². The van der Waals surface area contributed by atoms with E-state index in [0.717, 1.165) is 13.0 Å². The number of rotatable bonds is 2. The molecule has 0 aliphatic carbocycles. The molecule has 0 bridgehead atoms. The zero-order chi connectivity index (χ0) is 10.1. The van der Waals surface area contributed by atoms with Crippen LogP contribution in [0.25, 0.3) is 0 Å². The molecule has 1 unspecified atom stereocenters. The van der Waals surface area contributed by atoms with Gasteiger partial charge in [0, 0.05) is 20.1 Å². The van der Waals surface area contributed by atoms with Crippen LogP contribution in [0.1, 0.15) is 6.42 Å². The Labute approximate surface area is 83.2 Å². The zero-order valence-corrected chi connectivity index (χ0v) is 8.35. The lowest BCUT2D eigenvalue weighted by Crippen LogP contribution is -2.32. The van der Waals surface area contributed by atoms with Gasteiger partial charge < -0.3 is 10.0 Å². The Kier molecular flexibility index (Phi) is 2.71. The van der Waals surface area contributed by atoms with Crippen LogP contribution < -0.4 is 0 Å². The molecule has 0 spiro atoms. The minimum atomic E-state index is -0.399. The number of hydrogen-bond donors (Lipinski definition) is 1. The molecule has 2 aliphatic heterocycles. The van der Waals surface area contributed by atoms with E-state index >= 15 is 0 Å². The Morgan fingerprint density at radius 3 is 2.93 bits per heavy atom. The first-order valence-corrected chi connectivity index (χ1v) is 4.97. The maximum Gasteiger partial charge on any atom is 0.226 e. The van der Waals surface area contributed by atoms with Crippen LogP contribution in [0.15, 0.2) is 0 Å². The number of hydrogen-bond acceptors (Lipinski definition) is 4. The molecular formula is C9H16N2O3. The van der Waals surface area contributed by atoms with Gasteiger partial charge in [0.2, 0.25) is 5.91 Å². The van der Waals surface area contributed by atoms with Gasteiger partial charge in [0.1, 0.15) is 0 Å². The Bertz CT molecular complexity index is 234. The number of hydroxylamine groups is 2. The normalized spacial score (nSPS) is 34.4. The molecule has 0 saturated carbocycles. The van der Waals surface area contributed by atoms with Gasteiger partial charge in [-0.15, -0.1) is 0 Å². The summed E-state index contributed by atoms with van der Waals surface area (Å²) in [6, 6.07) is 0. The highest BCUT2D eigenvalue weighted by Crippen LogP contribution is 2.19. The lowest BCUT2D eigenvalue weighted by Gasteiger charge is -2.17. The summed E-state index contributed by atoms with van der Waals surface area (Å²) in [4.78, 5) is 18.5. The topological polar surface area (TPSA) is 53.0 Å². The maximum absolute atomic E-state index is 11.6. The monoisotopic (exact) mass is 200 g/mol. The van der Waals surface area contributed by atoms with Crippen LogP contribution in [-0.2, 0) is 9.63 Å². The first kappa shape index (κ1) is 9.89. The molecule has 5 nitrogen and oxygen atoms in total. The average molecular weight is 200 g/mol. The van der Waals surface area contributed by atoms with E-state index < -0.39 is 6.10 Å². The molecule has 0 aromatic carbocycles. The number of amides is 1. The van der Waals surface area contributed by atoms with E-state index in [1.54, 1.807) is 9.96 Å². The number of likely N-dealkylation sites (tertiary alicyclic amines) is 1. The maximum atomic E-state index is 11.6. The third-order valence-electron chi connectivity index (χ3n) is 2.83. The molecule has 2 saturated heterocycles. The van der Waals surface area contributed by atoms with Gasteiger partial charge in [-0.05, 0) is 6.42 Å². The summed E-state index contributed by atoms with van der Waals surface area (Å²) in [5.74, 6) is 0.236. The molecule has 2 aliphatic rings. The van der Waals surface area contributed by atoms with Gasteiger partial charge in [-0.3, -0.25) is 9.63 Å². The second-order valence-electron chi connectivity index (χ2n) is 4.04. The summed E-state index contributed by atoms with van der Waals surface area (Å²) in [5.41, 5.74) is 0. The standard InChI is InChI=1S/C9H16N2O3/c1-10-3-2-7(9(10)13)4-11-5-8(12)6-14-11/h7-8,12H,2-6H2,1H3/t7?,8-/m1/s1. The quantitative estimate of drug-likeness (QED) is 0.626. The molecular weight excluding hydrogens is 184 g/mol. The zero-order valence-electron chi connectivity index (χ0n) is 8.35. The molecule has 2 atom stereocenters. The van der Waals surface area contributed by atoms with E-state index in [1.165, 1.54) is 0 Å². The highest BCUT2D eigenvalue weighted by Gasteiger charge is 2.33. The van der Waals surface area contributed by atoms with Crippen molar-refractivity contribution in [3.63, 3.8) is 0 Å². The van der Waals surface area contributed by atoms with Crippen LogP contribution in [-0.4, -0.2) is 60.4 Å². The van der Waals surface area contributed by atoms with Gasteiger partial charge in [0.25, 0.3) is 0 Å². The first-order valence-electron chi connectivity index (χ1n) is 4.97. The van der Waals surface area contributed by atoms with Gasteiger partial charge in [-0.1, -0.05) is 0 Å². The van der Waals surface area contributed by atoms with Crippen molar-refractivity contribution in [2.45, 2.75) is 12.5 Å². The first-order chi connectivity index (χ1) is 6.66. The highest BCUT2D eigenvalue weighted by molar-refractivity contribution is 5.80. The van der Waals surface area contributed by atoms with Crippen molar-refractivity contribution in [2.75, 3.05) is 33.3 Å². The Morgan fingerprint density at radius 1 is 1.64 bits per heavy atom. The molecule has 0 radical (unpaired) electrons. The van der Waals surface area contributed by atoms with Crippen molar-refractivity contribution in [1.29, 1.82) is 0 Å². The number of nitrogens with zero attached hydrogens (tertiary/aromatic N) is 2. The Hall–Kier alpha value is -0.650. The van der Waals surface area contributed by atoms with E-state index in [-0.39, 0.29) is 11.8 Å². The van der Waals surface area contributed by atoms with Crippen molar-refractivity contribution < 1.29 is 14.7 Å². The molecule has 0 aromatic heterocycles. The summed E-state index contributed by atoms with van der Waals surface area (Å²) >= 11 is 0. The van der Waals surface area contributed by atoms with Gasteiger partial charge in [0.15, 0.2) is 0 Å². The molecule has 0 aromatic rings. The molecule has 14 heavy (non-hydrogen) atoms. The SMILES string of the molecule is CN1CCC(CN2C[C@@H](O)CO2)C1=O. The van der Waals surface area contributed by atoms with Crippen LogP contribution in [0, 0.1) is 5.92 Å². The van der Waals surface area contributed by atoms with E-state index in [9.17, 15) is 9.90 Å². The van der Waals surface area contributed by atoms with Crippen LogP contribution in [0.3, 0.4) is 0 Å². The Balaban J connectivity index is 1.83. The van der Waals surface area contributed by atoms with E-state index in [4.69, 9.17) is 4.84 Å². The van der Waals surface area contributed by atoms with Crippen LogP contribution >= 0.6 is 0 Å². The fraction of sp³-hybridized carbons (Fsp3) is 0.889. The summed E-state index contributed by atoms with van der Waals surface area (Å²) in [6.07, 6.45) is 0.495. The molecule has 5 heteroatoms. The molecule has 2 rings (SSSR count). The smallest absolute Gasteiger partial charge is 0.226 e. The fourth-order valence-corrected chi connectivity index (χ4v) is 1.97. The lowest BCUT2D eigenvalue weighted by molar-refractivity contribution is -0.140. The van der Waals surface area contributed by atoms with E-state index in [2.05, 4.69) is 0 Å². The largest absolute Gasteiger partial charge is 0.389 e. The molecule has 1 amide bonds. The van der Waals surface area contributed by atoms with E-state index in [0.29, 0.717) is 19.7 Å². The van der Waals surface area contributed by atoms with Gasteiger partial charge in [-0.2, -0.15) is 5.06 Å². The number of aliphatic hydroxyl groups is 1. The second kappa shape index (κ2) is 3.84. The number of carbonyl (C=O) groups excluding carboxylic acids is 1. The number of aliphatic hydroxyl groups excluding tert-OH is 1. The van der Waals surface area contributed by atoms with Crippen molar-refractivity contribution in [1.82, 2.24) is 9.96 Å². The number of carbonyl (C=O) groups is 1. The van der Waals surface area contributed by atoms with Crippen molar-refractivity contribution in [2.24, 2.45) is 5.92 Å². The van der Waals surface area contributed by atoms with Crippen molar-refractivity contribution >= 4 is 5.91 Å². The molecule has 2 heterocycles.